The molecule has 1 aromatic carbocycles. The van der Waals surface area contributed by atoms with Gasteiger partial charge in [-0.05, 0) is 24.6 Å². The molecular weight excluding hydrogens is 352 g/mol. The minimum atomic E-state index is -3.51. The minimum absolute atomic E-state index is 0.0869. The van der Waals surface area contributed by atoms with E-state index in [0.717, 1.165) is 21.9 Å². The molecule has 0 fully saturated rings. The summed E-state index contributed by atoms with van der Waals surface area (Å²) in [6.45, 7) is 5.88. The van der Waals surface area contributed by atoms with Crippen molar-refractivity contribution in [2.75, 3.05) is 19.3 Å². The average Bonchev–Trinajstić information content (AvgIpc) is 2.99. The Kier molecular flexibility index (Phi) is 6.76. The van der Waals surface area contributed by atoms with Gasteiger partial charge < -0.3 is 9.32 Å². The highest BCUT2D eigenvalue weighted by atomic mass is 32.2. The lowest BCUT2D eigenvalue weighted by atomic mass is 10.2. The van der Waals surface area contributed by atoms with Crippen molar-refractivity contribution in [1.29, 1.82) is 0 Å². The summed E-state index contributed by atoms with van der Waals surface area (Å²) in [7, 11) is -3.51. The van der Waals surface area contributed by atoms with Crippen molar-refractivity contribution in [1.82, 2.24) is 9.21 Å². The molecule has 6 nitrogen and oxygen atoms in total. The maximum atomic E-state index is 12.8. The minimum Gasteiger partial charge on any atom is -0.464 e. The van der Waals surface area contributed by atoms with Crippen LogP contribution >= 0.6 is 0 Å². The van der Waals surface area contributed by atoms with E-state index in [0.29, 0.717) is 12.3 Å². The fraction of sp³-hybridized carbons (Fsp3) is 0.316. The monoisotopic (exact) mass is 376 g/mol. The summed E-state index contributed by atoms with van der Waals surface area (Å²) in [4.78, 5) is 14.4. The first-order valence-electron chi connectivity index (χ1n) is 8.22. The molecule has 0 aliphatic rings. The van der Waals surface area contributed by atoms with Gasteiger partial charge in [0.1, 0.15) is 11.5 Å². The first-order valence-corrected chi connectivity index (χ1v) is 10.1. The van der Waals surface area contributed by atoms with Crippen LogP contribution in [0.25, 0.3) is 0 Å². The van der Waals surface area contributed by atoms with Crippen molar-refractivity contribution in [3.05, 3.63) is 72.2 Å². The number of rotatable bonds is 9. The van der Waals surface area contributed by atoms with Crippen LogP contribution in [0.15, 0.2) is 59.5 Å². The smallest absolute Gasteiger partial charge is 0.238 e. The zero-order valence-electron chi connectivity index (χ0n) is 15.1. The molecule has 0 saturated carbocycles. The van der Waals surface area contributed by atoms with Gasteiger partial charge in [0.25, 0.3) is 0 Å². The zero-order valence-corrected chi connectivity index (χ0v) is 15.9. The van der Waals surface area contributed by atoms with E-state index < -0.39 is 10.0 Å². The van der Waals surface area contributed by atoms with Gasteiger partial charge in [-0.25, -0.2) is 8.42 Å². The molecule has 26 heavy (non-hydrogen) atoms. The summed E-state index contributed by atoms with van der Waals surface area (Å²) in [5.41, 5.74) is 0.957. The molecule has 2 aromatic rings. The lowest BCUT2D eigenvalue weighted by Gasteiger charge is -2.25. The van der Waals surface area contributed by atoms with Crippen LogP contribution in [0.4, 0.5) is 0 Å². The van der Waals surface area contributed by atoms with Gasteiger partial charge in [-0.2, -0.15) is 4.31 Å². The van der Waals surface area contributed by atoms with Gasteiger partial charge in [-0.1, -0.05) is 36.4 Å². The molecule has 1 amide bonds. The lowest BCUT2D eigenvalue weighted by Crippen LogP contribution is -2.42. The van der Waals surface area contributed by atoms with Crippen LogP contribution in [-0.4, -0.2) is 42.9 Å². The molecular formula is C19H24N2O4S. The highest BCUT2D eigenvalue weighted by molar-refractivity contribution is 7.88. The van der Waals surface area contributed by atoms with Crippen molar-refractivity contribution >= 4 is 15.9 Å². The van der Waals surface area contributed by atoms with E-state index >= 15 is 0 Å². The van der Waals surface area contributed by atoms with Crippen molar-refractivity contribution < 1.29 is 17.6 Å². The molecule has 0 saturated heterocycles. The predicted molar refractivity (Wildman–Crippen MR) is 101 cm³/mol. The highest BCUT2D eigenvalue weighted by Gasteiger charge is 2.23. The molecule has 0 aliphatic carbocycles. The molecule has 0 unspecified atom stereocenters. The number of hydrogen-bond donors (Lipinski definition) is 0. The van der Waals surface area contributed by atoms with Gasteiger partial charge in [0, 0.05) is 13.1 Å². The molecule has 0 atom stereocenters. The van der Waals surface area contributed by atoms with E-state index in [1.807, 2.05) is 49.4 Å². The van der Waals surface area contributed by atoms with E-state index in [2.05, 4.69) is 6.58 Å². The van der Waals surface area contributed by atoms with Crippen LogP contribution in [0.3, 0.4) is 0 Å². The maximum absolute atomic E-state index is 12.8. The highest BCUT2D eigenvalue weighted by Crippen LogP contribution is 2.14. The average molecular weight is 376 g/mol. The number of hydrogen-bond acceptors (Lipinski definition) is 4. The Bertz CT molecular complexity index is 843. The number of sulfonamides is 1. The van der Waals surface area contributed by atoms with E-state index in [9.17, 15) is 13.2 Å². The number of furan rings is 1. The van der Waals surface area contributed by atoms with Crippen molar-refractivity contribution in [3.8, 4) is 0 Å². The Morgan fingerprint density at radius 1 is 1.15 bits per heavy atom. The summed E-state index contributed by atoms with van der Waals surface area (Å²) in [5, 5.41) is 0. The molecule has 0 spiro atoms. The fourth-order valence-corrected chi connectivity index (χ4v) is 3.23. The van der Waals surface area contributed by atoms with Gasteiger partial charge in [-0.3, -0.25) is 4.79 Å². The van der Waals surface area contributed by atoms with Crippen LogP contribution in [0, 0.1) is 6.92 Å². The van der Waals surface area contributed by atoms with E-state index in [1.165, 1.54) is 6.08 Å². The molecule has 7 heteroatoms. The normalized spacial score (nSPS) is 11.5. The maximum Gasteiger partial charge on any atom is 0.238 e. The first kappa shape index (κ1) is 19.9. The van der Waals surface area contributed by atoms with Gasteiger partial charge in [0.15, 0.2) is 0 Å². The molecule has 0 N–H and O–H groups in total. The van der Waals surface area contributed by atoms with E-state index in [1.54, 1.807) is 4.90 Å². The molecule has 140 valence electrons. The molecule has 1 heterocycles. The zero-order chi connectivity index (χ0) is 19.2. The fourth-order valence-electron chi connectivity index (χ4n) is 2.51. The number of carbonyl (C=O) groups excluding carboxylic acids is 1. The van der Waals surface area contributed by atoms with Gasteiger partial charge in [0.2, 0.25) is 15.9 Å². The second-order valence-electron chi connectivity index (χ2n) is 6.09. The molecule has 0 bridgehead atoms. The Labute approximate surface area is 154 Å². The number of carbonyl (C=O) groups is 1. The standard InChI is InChI=1S/C19H24N2O4S/c1-4-12-21(26(3,23)24)15-19(22)20(13-17-8-6-5-7-9-17)14-18-11-10-16(2)25-18/h4-11H,1,12-15H2,2-3H3. The molecule has 0 radical (unpaired) electrons. The third-order valence-electron chi connectivity index (χ3n) is 3.83. The van der Waals surface area contributed by atoms with Crippen molar-refractivity contribution in [3.63, 3.8) is 0 Å². The Balaban J connectivity index is 2.20. The number of nitrogens with zero attached hydrogens (tertiary/aromatic N) is 2. The van der Waals surface area contributed by atoms with E-state index in [4.69, 9.17) is 4.42 Å². The number of benzene rings is 1. The molecule has 2 rings (SSSR count). The summed E-state index contributed by atoms with van der Waals surface area (Å²) in [6.07, 6.45) is 2.55. The summed E-state index contributed by atoms with van der Waals surface area (Å²) < 4.78 is 30.5. The van der Waals surface area contributed by atoms with Crippen LogP contribution in [0.2, 0.25) is 0 Å². The van der Waals surface area contributed by atoms with Crippen LogP contribution < -0.4 is 0 Å². The molecule has 1 aromatic heterocycles. The molecule has 0 aliphatic heterocycles. The predicted octanol–water partition coefficient (Wildman–Crippen LogP) is 2.56. The topological polar surface area (TPSA) is 70.8 Å². The second-order valence-corrected chi connectivity index (χ2v) is 8.07. The van der Waals surface area contributed by atoms with Crippen molar-refractivity contribution in [2.24, 2.45) is 0 Å². The Morgan fingerprint density at radius 2 is 1.85 bits per heavy atom. The summed E-state index contributed by atoms with van der Waals surface area (Å²) in [5.74, 6) is 1.12. The van der Waals surface area contributed by atoms with Gasteiger partial charge in [-0.15, -0.1) is 6.58 Å². The van der Waals surface area contributed by atoms with Crippen LogP contribution in [0.1, 0.15) is 17.1 Å². The third-order valence-corrected chi connectivity index (χ3v) is 5.04. The van der Waals surface area contributed by atoms with Crippen LogP contribution in [0.5, 0.6) is 0 Å². The Morgan fingerprint density at radius 3 is 2.38 bits per heavy atom. The summed E-state index contributed by atoms with van der Waals surface area (Å²) >= 11 is 0. The number of amides is 1. The summed E-state index contributed by atoms with van der Waals surface area (Å²) in [6, 6.07) is 13.2. The van der Waals surface area contributed by atoms with E-state index in [-0.39, 0.29) is 25.5 Å². The van der Waals surface area contributed by atoms with Crippen LogP contribution in [-0.2, 0) is 27.9 Å². The quantitative estimate of drug-likeness (QED) is 0.631. The Hall–Kier alpha value is -2.38. The third kappa shape index (κ3) is 5.86. The van der Waals surface area contributed by atoms with Gasteiger partial charge >= 0.3 is 0 Å². The SMILES string of the molecule is C=CCN(CC(=O)N(Cc1ccccc1)Cc1ccc(C)o1)S(C)(=O)=O. The van der Waals surface area contributed by atoms with Crippen molar-refractivity contribution in [2.45, 2.75) is 20.0 Å². The van der Waals surface area contributed by atoms with Gasteiger partial charge in [0.05, 0.1) is 19.3 Å². The number of aryl methyl sites for hydroxylation is 1. The lowest BCUT2D eigenvalue weighted by molar-refractivity contribution is -0.132. The largest absolute Gasteiger partial charge is 0.464 e. The second kappa shape index (κ2) is 8.82. The first-order chi connectivity index (χ1) is 12.3.